The molecule has 0 fully saturated rings. The van der Waals surface area contributed by atoms with E-state index in [1.807, 2.05) is 18.2 Å². The molecular formula is C47H30N4S. The van der Waals surface area contributed by atoms with Crippen molar-refractivity contribution in [1.82, 2.24) is 19.5 Å². The number of thiazole rings is 1. The van der Waals surface area contributed by atoms with Crippen molar-refractivity contribution in [1.29, 1.82) is 0 Å². The fourth-order valence-corrected chi connectivity index (χ4v) is 8.13. The second-order valence-corrected chi connectivity index (χ2v) is 13.9. The third-order valence-electron chi connectivity index (χ3n) is 9.63. The van der Waals surface area contributed by atoms with Gasteiger partial charge in [0, 0.05) is 27.8 Å². The minimum atomic E-state index is 0.688. The van der Waals surface area contributed by atoms with E-state index in [1.165, 1.54) is 4.70 Å². The summed E-state index contributed by atoms with van der Waals surface area (Å²) in [6.45, 7) is 0. The number of hydrogen-bond acceptors (Lipinski definition) is 4. The van der Waals surface area contributed by atoms with Gasteiger partial charge in [-0.25, -0.2) is 15.0 Å². The maximum Gasteiger partial charge on any atom is 0.162 e. The van der Waals surface area contributed by atoms with Gasteiger partial charge in [-0.1, -0.05) is 133 Å². The van der Waals surface area contributed by atoms with E-state index in [0.29, 0.717) is 5.82 Å². The van der Waals surface area contributed by atoms with E-state index in [-0.39, 0.29) is 0 Å². The molecule has 10 aromatic rings. The van der Waals surface area contributed by atoms with Gasteiger partial charge < -0.3 is 0 Å². The van der Waals surface area contributed by atoms with Crippen molar-refractivity contribution in [3.8, 4) is 61.2 Å². The molecule has 3 heterocycles. The SMILES string of the molecule is c1ccc(-c2nc(-c3cccc(-c4cccc(-c5cccc(-c6nc7ccccc7s6)c5)c4)c3)nc3c2c2ccccc2n3-c2ccccc2)cc1. The van der Waals surface area contributed by atoms with Crippen molar-refractivity contribution in [3.05, 3.63) is 182 Å². The Morgan fingerprint density at radius 2 is 0.981 bits per heavy atom. The zero-order valence-corrected chi connectivity index (χ0v) is 28.8. The van der Waals surface area contributed by atoms with Crippen LogP contribution in [0.4, 0.5) is 0 Å². The molecule has 0 spiro atoms. The highest BCUT2D eigenvalue weighted by atomic mass is 32.1. The molecule has 0 aliphatic rings. The predicted molar refractivity (Wildman–Crippen MR) is 217 cm³/mol. The topological polar surface area (TPSA) is 43.6 Å². The van der Waals surface area contributed by atoms with Crippen LogP contribution in [-0.2, 0) is 0 Å². The second kappa shape index (κ2) is 12.6. The van der Waals surface area contributed by atoms with Crippen molar-refractivity contribution in [2.75, 3.05) is 0 Å². The Hall–Kier alpha value is -6.69. The van der Waals surface area contributed by atoms with Gasteiger partial charge in [0.15, 0.2) is 5.82 Å². The minimum absolute atomic E-state index is 0.688. The molecule has 244 valence electrons. The Morgan fingerprint density at radius 1 is 0.423 bits per heavy atom. The van der Waals surface area contributed by atoms with Gasteiger partial charge in [-0.05, 0) is 70.8 Å². The fourth-order valence-electron chi connectivity index (χ4n) is 7.17. The van der Waals surface area contributed by atoms with Crippen LogP contribution in [0.2, 0.25) is 0 Å². The molecule has 4 nitrogen and oxygen atoms in total. The lowest BCUT2D eigenvalue weighted by Gasteiger charge is -2.12. The third-order valence-corrected chi connectivity index (χ3v) is 10.7. The number of rotatable bonds is 6. The second-order valence-electron chi connectivity index (χ2n) is 12.9. The van der Waals surface area contributed by atoms with E-state index in [4.69, 9.17) is 15.0 Å². The summed E-state index contributed by atoms with van der Waals surface area (Å²) in [5.41, 5.74) is 12.7. The zero-order chi connectivity index (χ0) is 34.4. The molecule has 52 heavy (non-hydrogen) atoms. The van der Waals surface area contributed by atoms with Crippen LogP contribution in [0.3, 0.4) is 0 Å². The van der Waals surface area contributed by atoms with Gasteiger partial charge >= 0.3 is 0 Å². The summed E-state index contributed by atoms with van der Waals surface area (Å²) in [6, 6.07) is 63.8. The van der Waals surface area contributed by atoms with Gasteiger partial charge in [0.2, 0.25) is 0 Å². The highest BCUT2D eigenvalue weighted by Crippen LogP contribution is 2.39. The van der Waals surface area contributed by atoms with Crippen LogP contribution in [-0.4, -0.2) is 19.5 Å². The van der Waals surface area contributed by atoms with Crippen LogP contribution >= 0.6 is 11.3 Å². The Kier molecular flexibility index (Phi) is 7.29. The summed E-state index contributed by atoms with van der Waals surface area (Å²) in [5, 5.41) is 3.21. The molecule has 7 aromatic carbocycles. The average molecular weight is 683 g/mol. The van der Waals surface area contributed by atoms with Crippen LogP contribution in [0.1, 0.15) is 0 Å². The fraction of sp³-hybridized carbons (Fsp3) is 0. The summed E-state index contributed by atoms with van der Waals surface area (Å²) in [5.74, 6) is 0.688. The lowest BCUT2D eigenvalue weighted by molar-refractivity contribution is 1.11. The van der Waals surface area contributed by atoms with Crippen LogP contribution in [0.15, 0.2) is 182 Å². The molecule has 0 unspecified atom stereocenters. The molecule has 10 rings (SSSR count). The predicted octanol–water partition coefficient (Wildman–Crippen LogP) is 12.5. The van der Waals surface area contributed by atoms with E-state index >= 15 is 0 Å². The number of fused-ring (bicyclic) bond motifs is 4. The molecule has 0 saturated heterocycles. The molecule has 0 amide bonds. The van der Waals surface area contributed by atoms with Crippen molar-refractivity contribution >= 4 is 43.5 Å². The Labute approximate surface area is 305 Å². The Bertz CT molecular complexity index is 2870. The van der Waals surface area contributed by atoms with Crippen molar-refractivity contribution < 1.29 is 0 Å². The molecule has 0 atom stereocenters. The smallest absolute Gasteiger partial charge is 0.162 e. The number of para-hydroxylation sites is 3. The van der Waals surface area contributed by atoms with Crippen LogP contribution in [0.25, 0.3) is 93.3 Å². The van der Waals surface area contributed by atoms with Gasteiger partial charge in [-0.15, -0.1) is 11.3 Å². The lowest BCUT2D eigenvalue weighted by atomic mass is 9.97. The molecule has 5 heteroatoms. The quantitative estimate of drug-likeness (QED) is 0.175. The molecule has 0 saturated carbocycles. The van der Waals surface area contributed by atoms with Gasteiger partial charge in [0.1, 0.15) is 10.7 Å². The molecular weight excluding hydrogens is 653 g/mol. The lowest BCUT2D eigenvalue weighted by Crippen LogP contribution is -1.99. The normalized spacial score (nSPS) is 11.5. The van der Waals surface area contributed by atoms with Gasteiger partial charge in [-0.3, -0.25) is 4.57 Å². The Morgan fingerprint density at radius 3 is 1.71 bits per heavy atom. The summed E-state index contributed by atoms with van der Waals surface area (Å²) >= 11 is 1.73. The summed E-state index contributed by atoms with van der Waals surface area (Å²) < 4.78 is 3.46. The molecule has 0 aliphatic heterocycles. The van der Waals surface area contributed by atoms with Crippen LogP contribution in [0, 0.1) is 0 Å². The molecule has 3 aromatic heterocycles. The number of hydrogen-bond donors (Lipinski definition) is 0. The average Bonchev–Trinajstić information content (AvgIpc) is 3.81. The maximum atomic E-state index is 5.35. The monoisotopic (exact) mass is 682 g/mol. The van der Waals surface area contributed by atoms with Crippen molar-refractivity contribution in [2.24, 2.45) is 0 Å². The van der Waals surface area contributed by atoms with Gasteiger partial charge in [0.25, 0.3) is 0 Å². The molecule has 0 radical (unpaired) electrons. The first kappa shape index (κ1) is 30.2. The standard InChI is InChI=1S/C47H30N4S/c1-3-14-31(15-4-1)44-43-39-24-7-9-26-41(39)51(38-22-5-2-6-23-38)46(43)50-45(49-44)36-20-12-18-34(29-36)32-16-11-17-33(28-32)35-19-13-21-37(30-35)47-48-40-25-8-10-27-42(40)52-47/h1-30H. The number of nitrogens with zero attached hydrogens (tertiary/aromatic N) is 4. The van der Waals surface area contributed by atoms with E-state index in [0.717, 1.165) is 82.8 Å². The van der Waals surface area contributed by atoms with E-state index in [1.54, 1.807) is 11.3 Å². The highest BCUT2D eigenvalue weighted by molar-refractivity contribution is 7.21. The van der Waals surface area contributed by atoms with Crippen LogP contribution in [0.5, 0.6) is 0 Å². The number of aromatic nitrogens is 4. The molecule has 0 N–H and O–H groups in total. The highest BCUT2D eigenvalue weighted by Gasteiger charge is 2.21. The van der Waals surface area contributed by atoms with Gasteiger partial charge in [-0.2, -0.15) is 0 Å². The largest absolute Gasteiger partial charge is 0.294 e. The minimum Gasteiger partial charge on any atom is -0.294 e. The summed E-state index contributed by atoms with van der Waals surface area (Å²) in [6.07, 6.45) is 0. The molecule has 0 bridgehead atoms. The first-order valence-electron chi connectivity index (χ1n) is 17.4. The van der Waals surface area contributed by atoms with E-state index < -0.39 is 0 Å². The van der Waals surface area contributed by atoms with E-state index in [9.17, 15) is 0 Å². The zero-order valence-electron chi connectivity index (χ0n) is 28.0. The third kappa shape index (κ3) is 5.27. The number of benzene rings is 7. The molecule has 0 aliphatic carbocycles. The van der Waals surface area contributed by atoms with Crippen molar-refractivity contribution in [3.63, 3.8) is 0 Å². The van der Waals surface area contributed by atoms with Crippen molar-refractivity contribution in [2.45, 2.75) is 0 Å². The van der Waals surface area contributed by atoms with E-state index in [2.05, 4.69) is 168 Å². The summed E-state index contributed by atoms with van der Waals surface area (Å²) in [4.78, 5) is 15.6. The van der Waals surface area contributed by atoms with Gasteiger partial charge in [0.05, 0.1) is 26.8 Å². The maximum absolute atomic E-state index is 5.35. The first-order chi connectivity index (χ1) is 25.8. The summed E-state index contributed by atoms with van der Waals surface area (Å²) in [7, 11) is 0. The first-order valence-corrected chi connectivity index (χ1v) is 18.2. The van der Waals surface area contributed by atoms with Crippen LogP contribution < -0.4 is 0 Å². The Balaban J connectivity index is 1.10.